The molecule has 1 aromatic carbocycles. The molecule has 120 valence electrons. The number of nitrogens with zero attached hydrogens (tertiary/aromatic N) is 4. The Hall–Kier alpha value is -2.49. The fourth-order valence-corrected chi connectivity index (χ4v) is 2.76. The van der Waals surface area contributed by atoms with Crippen LogP contribution in [0.5, 0.6) is 0 Å². The second-order valence-electron chi connectivity index (χ2n) is 5.01. The number of rotatable bonds is 6. The molecule has 8 nitrogen and oxygen atoms in total. The van der Waals surface area contributed by atoms with Crippen LogP contribution in [0.15, 0.2) is 29.7 Å². The number of halogens is 1. The van der Waals surface area contributed by atoms with E-state index in [-0.39, 0.29) is 17.1 Å². The number of thioether (sulfide) groups is 1. The second-order valence-corrected chi connectivity index (χ2v) is 5.95. The topological polar surface area (TPSA) is 103 Å². The van der Waals surface area contributed by atoms with Gasteiger partial charge in [-0.15, -0.1) is 10.2 Å². The van der Waals surface area contributed by atoms with Crippen LogP contribution in [0.4, 0.5) is 15.8 Å². The fourth-order valence-electron chi connectivity index (χ4n) is 1.98. The summed E-state index contributed by atoms with van der Waals surface area (Å²) < 4.78 is 15.5. The van der Waals surface area contributed by atoms with Gasteiger partial charge in [0.1, 0.15) is 12.1 Å². The summed E-state index contributed by atoms with van der Waals surface area (Å²) >= 11 is 1.19. The van der Waals surface area contributed by atoms with Crippen LogP contribution in [0.25, 0.3) is 0 Å². The first-order valence-corrected chi connectivity index (χ1v) is 7.79. The first-order valence-electron chi connectivity index (χ1n) is 6.80. The Morgan fingerprint density at radius 2 is 2.30 bits per heavy atom. The number of nitro benzene ring substituents is 1. The molecule has 1 aliphatic carbocycles. The molecule has 0 bridgehead atoms. The van der Waals surface area contributed by atoms with E-state index in [1.165, 1.54) is 11.8 Å². The maximum atomic E-state index is 13.6. The van der Waals surface area contributed by atoms with Gasteiger partial charge in [0, 0.05) is 18.2 Å². The van der Waals surface area contributed by atoms with Crippen molar-refractivity contribution < 1.29 is 14.1 Å². The average molecular weight is 337 g/mol. The van der Waals surface area contributed by atoms with Gasteiger partial charge in [-0.1, -0.05) is 11.8 Å². The van der Waals surface area contributed by atoms with E-state index in [1.807, 2.05) is 4.57 Å². The number of amides is 1. The lowest BCUT2D eigenvalue weighted by molar-refractivity contribution is -0.384. The molecule has 0 atom stereocenters. The van der Waals surface area contributed by atoms with Gasteiger partial charge in [-0.25, -0.2) is 4.39 Å². The number of benzene rings is 1. The third-order valence-corrected chi connectivity index (χ3v) is 4.20. The Morgan fingerprint density at radius 3 is 3.00 bits per heavy atom. The Bertz CT molecular complexity index is 762. The zero-order chi connectivity index (χ0) is 16.4. The van der Waals surface area contributed by atoms with Crippen LogP contribution in [0, 0.1) is 15.9 Å². The van der Waals surface area contributed by atoms with Crippen LogP contribution in [-0.4, -0.2) is 31.3 Å². The molecule has 1 N–H and O–H groups in total. The Balaban J connectivity index is 1.62. The van der Waals surface area contributed by atoms with Gasteiger partial charge < -0.3 is 9.88 Å². The molecule has 1 amide bonds. The Kier molecular flexibility index (Phi) is 4.24. The summed E-state index contributed by atoms with van der Waals surface area (Å²) in [6.07, 6.45) is 3.76. The van der Waals surface area contributed by atoms with Gasteiger partial charge in [0.05, 0.1) is 16.4 Å². The molecule has 2 aromatic rings. The van der Waals surface area contributed by atoms with Crippen LogP contribution in [-0.2, 0) is 4.79 Å². The van der Waals surface area contributed by atoms with E-state index in [9.17, 15) is 19.3 Å². The molecule has 10 heteroatoms. The number of anilines is 1. The molecule has 1 heterocycles. The molecule has 0 saturated heterocycles. The lowest BCUT2D eigenvalue weighted by Gasteiger charge is -2.07. The van der Waals surface area contributed by atoms with Crippen molar-refractivity contribution in [2.24, 2.45) is 0 Å². The third kappa shape index (κ3) is 3.65. The SMILES string of the molecule is O=C(CSc1nncn1C1CC1)Nc1cc([N+](=O)[O-])ccc1F. The minimum absolute atomic E-state index is 0.00749. The van der Waals surface area contributed by atoms with E-state index in [0.717, 1.165) is 31.0 Å². The highest BCUT2D eigenvalue weighted by Gasteiger charge is 2.26. The first kappa shape index (κ1) is 15.4. The Labute approximate surface area is 134 Å². The highest BCUT2D eigenvalue weighted by Crippen LogP contribution is 2.37. The Morgan fingerprint density at radius 1 is 1.52 bits per heavy atom. The second kappa shape index (κ2) is 6.32. The average Bonchev–Trinajstić information content (AvgIpc) is 3.25. The number of aromatic nitrogens is 3. The molecule has 0 radical (unpaired) electrons. The largest absolute Gasteiger partial charge is 0.323 e. The lowest BCUT2D eigenvalue weighted by Crippen LogP contribution is -2.15. The molecular weight excluding hydrogens is 325 g/mol. The van der Waals surface area contributed by atoms with Gasteiger partial charge in [-0.3, -0.25) is 14.9 Å². The van der Waals surface area contributed by atoms with Gasteiger partial charge in [-0.2, -0.15) is 0 Å². The summed E-state index contributed by atoms with van der Waals surface area (Å²) in [4.78, 5) is 21.9. The van der Waals surface area contributed by atoms with Gasteiger partial charge in [-0.05, 0) is 18.9 Å². The molecule has 0 unspecified atom stereocenters. The molecule has 1 aromatic heterocycles. The minimum Gasteiger partial charge on any atom is -0.323 e. The number of nitrogens with one attached hydrogen (secondary N) is 1. The van der Waals surface area contributed by atoms with Crippen molar-refractivity contribution in [1.29, 1.82) is 0 Å². The molecule has 1 fully saturated rings. The van der Waals surface area contributed by atoms with Crippen molar-refractivity contribution >= 4 is 29.0 Å². The molecule has 1 aliphatic rings. The summed E-state index contributed by atoms with van der Waals surface area (Å²) in [6.45, 7) is 0. The first-order chi connectivity index (χ1) is 11.0. The maximum Gasteiger partial charge on any atom is 0.271 e. The monoisotopic (exact) mass is 337 g/mol. The van der Waals surface area contributed by atoms with Crippen molar-refractivity contribution in [2.75, 3.05) is 11.1 Å². The number of non-ortho nitro benzene ring substituents is 1. The van der Waals surface area contributed by atoms with E-state index in [1.54, 1.807) is 6.33 Å². The molecule has 0 aliphatic heterocycles. The number of hydrogen-bond acceptors (Lipinski definition) is 6. The zero-order valence-corrected chi connectivity index (χ0v) is 12.6. The molecular formula is C13H12FN5O3S. The number of carbonyl (C=O) groups is 1. The summed E-state index contributed by atoms with van der Waals surface area (Å²) in [7, 11) is 0. The number of hydrogen-bond donors (Lipinski definition) is 1. The molecule has 0 spiro atoms. The minimum atomic E-state index is -0.727. The normalized spacial score (nSPS) is 13.8. The van der Waals surface area contributed by atoms with Crippen LogP contribution < -0.4 is 5.32 Å². The van der Waals surface area contributed by atoms with E-state index < -0.39 is 16.6 Å². The van der Waals surface area contributed by atoms with E-state index in [2.05, 4.69) is 15.5 Å². The standard InChI is InChI=1S/C13H12FN5O3S/c14-10-4-3-9(19(21)22)5-11(10)16-12(20)6-23-13-17-15-7-18(13)8-1-2-8/h3-5,7-8H,1-2,6H2,(H,16,20). The number of nitro groups is 1. The number of carbonyl (C=O) groups excluding carboxylic acids is 1. The van der Waals surface area contributed by atoms with Crippen LogP contribution in [0.3, 0.4) is 0 Å². The highest BCUT2D eigenvalue weighted by atomic mass is 32.2. The van der Waals surface area contributed by atoms with Crippen molar-refractivity contribution in [3.63, 3.8) is 0 Å². The highest BCUT2D eigenvalue weighted by molar-refractivity contribution is 7.99. The van der Waals surface area contributed by atoms with Crippen LogP contribution >= 0.6 is 11.8 Å². The quantitative estimate of drug-likeness (QED) is 0.493. The molecule has 3 rings (SSSR count). The smallest absolute Gasteiger partial charge is 0.271 e. The van der Waals surface area contributed by atoms with Gasteiger partial charge in [0.2, 0.25) is 5.91 Å². The summed E-state index contributed by atoms with van der Waals surface area (Å²) in [6, 6.07) is 3.37. The van der Waals surface area contributed by atoms with Gasteiger partial charge in [0.25, 0.3) is 5.69 Å². The van der Waals surface area contributed by atoms with Crippen LogP contribution in [0.1, 0.15) is 18.9 Å². The summed E-state index contributed by atoms with van der Waals surface area (Å²) in [5, 5.41) is 21.4. The predicted octanol–water partition coefficient (Wildman–Crippen LogP) is 2.39. The summed E-state index contributed by atoms with van der Waals surface area (Å²) in [5.41, 5.74) is -0.503. The molecule has 23 heavy (non-hydrogen) atoms. The van der Waals surface area contributed by atoms with E-state index in [0.29, 0.717) is 11.2 Å². The summed E-state index contributed by atoms with van der Waals surface area (Å²) in [5.74, 6) is -1.19. The van der Waals surface area contributed by atoms with Crippen molar-refractivity contribution in [2.45, 2.75) is 24.0 Å². The van der Waals surface area contributed by atoms with E-state index >= 15 is 0 Å². The molecule has 1 saturated carbocycles. The fraction of sp³-hybridized carbons (Fsp3) is 0.308. The van der Waals surface area contributed by atoms with E-state index in [4.69, 9.17) is 0 Å². The lowest BCUT2D eigenvalue weighted by atomic mass is 10.2. The van der Waals surface area contributed by atoms with Gasteiger partial charge in [0.15, 0.2) is 5.16 Å². The predicted molar refractivity (Wildman–Crippen MR) is 80.7 cm³/mol. The van der Waals surface area contributed by atoms with Gasteiger partial charge >= 0.3 is 0 Å². The van der Waals surface area contributed by atoms with Crippen molar-refractivity contribution in [3.05, 3.63) is 40.5 Å². The van der Waals surface area contributed by atoms with Crippen LogP contribution in [0.2, 0.25) is 0 Å². The zero-order valence-electron chi connectivity index (χ0n) is 11.8. The van der Waals surface area contributed by atoms with Crippen molar-refractivity contribution in [1.82, 2.24) is 14.8 Å². The third-order valence-electron chi connectivity index (χ3n) is 3.25. The maximum absolute atomic E-state index is 13.6. The van der Waals surface area contributed by atoms with Crippen molar-refractivity contribution in [3.8, 4) is 0 Å².